The van der Waals surface area contributed by atoms with E-state index >= 15 is 0 Å². The molecule has 0 bridgehead atoms. The van der Waals surface area contributed by atoms with E-state index in [0.717, 1.165) is 0 Å². The van der Waals surface area contributed by atoms with Crippen molar-refractivity contribution in [3.8, 4) is 6.07 Å². The van der Waals surface area contributed by atoms with Gasteiger partial charge in [0.1, 0.15) is 0 Å². The van der Waals surface area contributed by atoms with Crippen LogP contribution >= 0.6 is 15.9 Å². The fourth-order valence-electron chi connectivity index (χ4n) is 1.78. The van der Waals surface area contributed by atoms with Crippen molar-refractivity contribution in [3.05, 3.63) is 46.2 Å². The fraction of sp³-hybridized carbons (Fsp3) is 0.154. The number of aromatic nitrogens is 2. The van der Waals surface area contributed by atoms with Gasteiger partial charge in [0, 0.05) is 17.7 Å². The first-order chi connectivity index (χ1) is 10.3. The number of nitrogens with one attached hydrogen (secondary N) is 1. The van der Waals surface area contributed by atoms with Gasteiger partial charge >= 0.3 is 0 Å². The highest BCUT2D eigenvalue weighted by atomic mass is 79.9. The van der Waals surface area contributed by atoms with Gasteiger partial charge in [0.2, 0.25) is 5.91 Å². The number of benzene rings is 1. The predicted molar refractivity (Wildman–Crippen MR) is 81.1 cm³/mol. The van der Waals surface area contributed by atoms with Crippen LogP contribution in [-0.2, 0) is 28.3 Å². The standard InChI is InChI=1S/C13H11BrN4O3S/c1-18-8-10(7-16-18)4-13(19)17-22(20,21)12-3-9(6-15)2-11(14)5-12/h2-3,5,7-8H,4H2,1H3,(H,17,19). The molecule has 0 aliphatic carbocycles. The van der Waals surface area contributed by atoms with Crippen LogP contribution in [0.5, 0.6) is 0 Å². The largest absolute Gasteiger partial charge is 0.276 e. The minimum Gasteiger partial charge on any atom is -0.276 e. The Bertz CT molecular complexity index is 868. The van der Waals surface area contributed by atoms with Crippen molar-refractivity contribution in [2.24, 2.45) is 7.05 Å². The molecule has 1 aromatic heterocycles. The number of rotatable bonds is 4. The van der Waals surface area contributed by atoms with Crippen molar-refractivity contribution in [2.75, 3.05) is 0 Å². The van der Waals surface area contributed by atoms with Crippen molar-refractivity contribution in [1.82, 2.24) is 14.5 Å². The molecule has 2 aromatic rings. The fourth-order valence-corrected chi connectivity index (χ4v) is 3.47. The number of nitriles is 1. The van der Waals surface area contributed by atoms with E-state index in [9.17, 15) is 13.2 Å². The normalized spacial score (nSPS) is 11.0. The first-order valence-corrected chi connectivity index (χ1v) is 8.31. The molecule has 0 saturated heterocycles. The number of aryl methyl sites for hydroxylation is 1. The Hall–Kier alpha value is -2.18. The van der Waals surface area contributed by atoms with Crippen LogP contribution in [0.25, 0.3) is 0 Å². The highest BCUT2D eigenvalue weighted by molar-refractivity contribution is 9.10. The average molecular weight is 383 g/mol. The second kappa shape index (κ2) is 6.29. The zero-order valence-corrected chi connectivity index (χ0v) is 13.8. The van der Waals surface area contributed by atoms with Crippen molar-refractivity contribution in [3.63, 3.8) is 0 Å². The van der Waals surface area contributed by atoms with Gasteiger partial charge in [-0.15, -0.1) is 0 Å². The van der Waals surface area contributed by atoms with Gasteiger partial charge in [0.05, 0.1) is 29.1 Å². The third-order valence-corrected chi connectivity index (χ3v) is 4.49. The molecule has 0 aliphatic rings. The first kappa shape index (κ1) is 16.2. The Kier molecular flexibility index (Phi) is 4.63. The summed E-state index contributed by atoms with van der Waals surface area (Å²) in [4.78, 5) is 11.7. The van der Waals surface area contributed by atoms with Crippen molar-refractivity contribution < 1.29 is 13.2 Å². The second-order valence-corrected chi connectivity index (χ2v) is 7.11. The lowest BCUT2D eigenvalue weighted by Gasteiger charge is -2.07. The molecule has 2 rings (SSSR count). The monoisotopic (exact) mass is 382 g/mol. The third-order valence-electron chi connectivity index (χ3n) is 2.68. The number of sulfonamides is 1. The molecule has 0 spiro atoms. The number of nitrogens with zero attached hydrogens (tertiary/aromatic N) is 3. The number of halogens is 1. The summed E-state index contributed by atoms with van der Waals surface area (Å²) in [5.41, 5.74) is 0.775. The van der Waals surface area contributed by atoms with Crippen LogP contribution in [-0.4, -0.2) is 24.1 Å². The summed E-state index contributed by atoms with van der Waals surface area (Å²) in [6.45, 7) is 0. The molecular weight excluding hydrogens is 372 g/mol. The van der Waals surface area contributed by atoms with Gasteiger partial charge in [0.15, 0.2) is 0 Å². The molecule has 0 unspecified atom stereocenters. The van der Waals surface area contributed by atoms with Crippen LogP contribution in [0.1, 0.15) is 11.1 Å². The smallest absolute Gasteiger partial charge is 0.264 e. The molecular formula is C13H11BrN4O3S. The maximum atomic E-state index is 12.2. The third kappa shape index (κ3) is 3.93. The van der Waals surface area contributed by atoms with E-state index in [1.165, 1.54) is 29.1 Å². The van der Waals surface area contributed by atoms with E-state index in [2.05, 4.69) is 21.0 Å². The molecule has 1 N–H and O–H groups in total. The van der Waals surface area contributed by atoms with Crippen LogP contribution in [0.2, 0.25) is 0 Å². The quantitative estimate of drug-likeness (QED) is 0.852. The van der Waals surface area contributed by atoms with Gasteiger partial charge in [-0.2, -0.15) is 10.4 Å². The summed E-state index contributed by atoms with van der Waals surface area (Å²) in [5, 5.41) is 12.8. The number of amides is 1. The molecule has 1 amide bonds. The van der Waals surface area contributed by atoms with Gasteiger partial charge in [0.25, 0.3) is 10.0 Å². The maximum absolute atomic E-state index is 12.2. The van der Waals surface area contributed by atoms with E-state index < -0.39 is 15.9 Å². The Morgan fingerprint density at radius 3 is 2.77 bits per heavy atom. The van der Waals surface area contributed by atoms with Crippen LogP contribution in [0.15, 0.2) is 40.0 Å². The van der Waals surface area contributed by atoms with E-state index in [1.807, 2.05) is 10.8 Å². The Morgan fingerprint density at radius 1 is 1.45 bits per heavy atom. The van der Waals surface area contributed by atoms with E-state index in [1.54, 1.807) is 13.2 Å². The van der Waals surface area contributed by atoms with Crippen molar-refractivity contribution >= 4 is 31.9 Å². The summed E-state index contributed by atoms with van der Waals surface area (Å²) in [6, 6.07) is 5.86. The van der Waals surface area contributed by atoms with E-state index in [4.69, 9.17) is 5.26 Å². The molecule has 7 nitrogen and oxygen atoms in total. The van der Waals surface area contributed by atoms with Gasteiger partial charge in [-0.25, -0.2) is 13.1 Å². The molecule has 1 heterocycles. The van der Waals surface area contributed by atoms with E-state index in [-0.39, 0.29) is 16.9 Å². The highest BCUT2D eigenvalue weighted by Crippen LogP contribution is 2.19. The van der Waals surface area contributed by atoms with Gasteiger partial charge in [-0.05, 0) is 23.8 Å². The second-order valence-electron chi connectivity index (χ2n) is 4.52. The Labute approximate surface area is 135 Å². The lowest BCUT2D eigenvalue weighted by molar-refractivity contribution is -0.118. The van der Waals surface area contributed by atoms with Crippen LogP contribution in [0.3, 0.4) is 0 Å². The summed E-state index contributed by atoms with van der Waals surface area (Å²) in [5.74, 6) is -0.675. The summed E-state index contributed by atoms with van der Waals surface area (Å²) in [6.07, 6.45) is 3.00. The minimum absolute atomic E-state index is 0.105. The zero-order chi connectivity index (χ0) is 16.3. The van der Waals surface area contributed by atoms with Crippen LogP contribution < -0.4 is 4.72 Å². The number of carbonyl (C=O) groups excluding carboxylic acids is 1. The maximum Gasteiger partial charge on any atom is 0.264 e. The average Bonchev–Trinajstić information content (AvgIpc) is 2.82. The molecule has 0 radical (unpaired) electrons. The molecule has 1 aromatic carbocycles. The zero-order valence-electron chi connectivity index (χ0n) is 11.4. The number of hydrogen-bond donors (Lipinski definition) is 1. The van der Waals surface area contributed by atoms with Gasteiger partial charge in [-0.3, -0.25) is 9.48 Å². The Balaban J connectivity index is 2.19. The Morgan fingerprint density at radius 2 is 2.18 bits per heavy atom. The highest BCUT2D eigenvalue weighted by Gasteiger charge is 2.19. The summed E-state index contributed by atoms with van der Waals surface area (Å²) >= 11 is 3.13. The molecule has 0 atom stereocenters. The minimum atomic E-state index is -4.04. The lowest BCUT2D eigenvalue weighted by Crippen LogP contribution is -2.31. The molecule has 114 valence electrons. The summed E-state index contributed by atoms with van der Waals surface area (Å²) in [7, 11) is -2.34. The molecule has 0 saturated carbocycles. The van der Waals surface area contributed by atoms with Gasteiger partial charge in [-0.1, -0.05) is 15.9 Å². The molecule has 9 heteroatoms. The SMILES string of the molecule is Cn1cc(CC(=O)NS(=O)(=O)c2cc(Br)cc(C#N)c2)cn1. The van der Waals surface area contributed by atoms with Gasteiger partial charge < -0.3 is 0 Å². The first-order valence-electron chi connectivity index (χ1n) is 6.04. The molecule has 0 aliphatic heterocycles. The molecule has 0 fully saturated rings. The van der Waals surface area contributed by atoms with Crippen LogP contribution in [0, 0.1) is 11.3 Å². The number of carbonyl (C=O) groups is 1. The predicted octanol–water partition coefficient (Wildman–Crippen LogP) is 1.10. The number of hydrogen-bond acceptors (Lipinski definition) is 5. The molecule has 22 heavy (non-hydrogen) atoms. The van der Waals surface area contributed by atoms with Crippen molar-refractivity contribution in [1.29, 1.82) is 5.26 Å². The van der Waals surface area contributed by atoms with Crippen LogP contribution in [0.4, 0.5) is 0 Å². The summed E-state index contributed by atoms with van der Waals surface area (Å²) < 4.78 is 28.3. The topological polar surface area (TPSA) is 105 Å². The van der Waals surface area contributed by atoms with Crippen molar-refractivity contribution in [2.45, 2.75) is 11.3 Å². The van der Waals surface area contributed by atoms with E-state index in [0.29, 0.717) is 10.0 Å². The lowest BCUT2D eigenvalue weighted by atomic mass is 10.2.